The highest BCUT2D eigenvalue weighted by Crippen LogP contribution is 2.50. The van der Waals surface area contributed by atoms with E-state index in [2.05, 4.69) is 25.2 Å². The Balaban J connectivity index is 1.92. The van der Waals surface area contributed by atoms with Gasteiger partial charge in [-0.3, -0.25) is 0 Å². The maximum atomic E-state index is 12.4. The average Bonchev–Trinajstić information content (AvgIpc) is 2.63. The van der Waals surface area contributed by atoms with E-state index in [-0.39, 0.29) is 23.4 Å². The Kier molecular flexibility index (Phi) is 7.49. The highest BCUT2D eigenvalue weighted by Gasteiger charge is 2.34. The van der Waals surface area contributed by atoms with E-state index in [1.54, 1.807) is 30.3 Å². The molecule has 0 saturated carbocycles. The van der Waals surface area contributed by atoms with Crippen LogP contribution in [-0.2, 0) is 27.3 Å². The molecule has 27 heavy (non-hydrogen) atoms. The lowest BCUT2D eigenvalue weighted by atomic mass is 10.1. The molecule has 1 atom stereocenters. The first-order valence-electron chi connectivity index (χ1n) is 7.56. The molecule has 0 radical (unpaired) electrons. The fourth-order valence-corrected chi connectivity index (χ4v) is 3.18. The van der Waals surface area contributed by atoms with E-state index >= 15 is 0 Å². The molecule has 2 aromatic rings. The number of rotatable bonds is 8. The van der Waals surface area contributed by atoms with Gasteiger partial charge in [0.2, 0.25) is 0 Å². The van der Waals surface area contributed by atoms with Gasteiger partial charge in [-0.05, 0) is 51.3 Å². The van der Waals surface area contributed by atoms with Gasteiger partial charge < -0.3 is 18.9 Å². The Morgan fingerprint density at radius 2 is 1.74 bits per heavy atom. The number of halogens is 3. The zero-order chi connectivity index (χ0) is 20.0. The highest BCUT2D eigenvalue weighted by molar-refractivity contribution is 9.10. The number of alkyl halides is 2. The predicted octanol–water partition coefficient (Wildman–Crippen LogP) is 4.74. The van der Waals surface area contributed by atoms with Crippen LogP contribution in [-0.4, -0.2) is 24.1 Å². The number of ether oxygens (including phenoxy) is 2. The number of esters is 1. The van der Waals surface area contributed by atoms with Crippen molar-refractivity contribution in [1.29, 1.82) is 0 Å². The second kappa shape index (κ2) is 9.41. The van der Waals surface area contributed by atoms with Crippen LogP contribution in [0.15, 0.2) is 46.9 Å². The molecule has 2 aromatic carbocycles. The van der Waals surface area contributed by atoms with Crippen molar-refractivity contribution in [3.63, 3.8) is 0 Å². The maximum Gasteiger partial charge on any atom is 0.442 e. The molecule has 1 unspecified atom stereocenters. The van der Waals surface area contributed by atoms with Crippen LogP contribution in [0.1, 0.15) is 21.5 Å². The zero-order valence-corrected chi connectivity index (χ0v) is 16.6. The van der Waals surface area contributed by atoms with Crippen molar-refractivity contribution in [1.82, 2.24) is 0 Å². The van der Waals surface area contributed by atoms with E-state index in [4.69, 9.17) is 9.63 Å². The minimum absolute atomic E-state index is 0.164. The summed E-state index contributed by atoms with van der Waals surface area (Å²) in [6.07, 6.45) is -3.49. The third-order valence-electron chi connectivity index (χ3n) is 3.38. The van der Waals surface area contributed by atoms with Gasteiger partial charge in [0.15, 0.2) is 0 Å². The second-order valence-electron chi connectivity index (χ2n) is 5.38. The summed E-state index contributed by atoms with van der Waals surface area (Å²) in [7, 11) is -3.72. The molecule has 0 aromatic heterocycles. The number of carbonyl (C=O) groups is 1. The predicted molar refractivity (Wildman–Crippen MR) is 96.9 cm³/mol. The molecule has 0 aliphatic rings. The monoisotopic (exact) mass is 464 g/mol. The summed E-state index contributed by atoms with van der Waals surface area (Å²) in [6.45, 7) is 0.498. The standard InChI is InChI=1S/C17H16BrF2O6P/c1-24-16(21)13-5-2-11(3-6-13)9-25-10-12-4-7-15(14(18)8-12)26-27(22,23)17(19)20/h2-8,17H,9-10H2,1H3,(H,22,23). The van der Waals surface area contributed by atoms with Gasteiger partial charge in [-0.25, -0.2) is 9.36 Å². The van der Waals surface area contributed by atoms with Crippen LogP contribution < -0.4 is 4.52 Å². The third-order valence-corrected chi connectivity index (χ3v) is 4.96. The van der Waals surface area contributed by atoms with Crippen LogP contribution in [0.5, 0.6) is 5.75 Å². The van der Waals surface area contributed by atoms with E-state index in [1.165, 1.54) is 19.2 Å². The van der Waals surface area contributed by atoms with Crippen LogP contribution in [0, 0.1) is 0 Å². The van der Waals surface area contributed by atoms with Crippen molar-refractivity contribution in [2.24, 2.45) is 0 Å². The van der Waals surface area contributed by atoms with Gasteiger partial charge in [0.1, 0.15) is 5.75 Å². The van der Waals surface area contributed by atoms with Crippen LogP contribution >= 0.6 is 23.5 Å². The summed E-state index contributed by atoms with van der Waals surface area (Å²) >= 11 is 3.11. The SMILES string of the molecule is COC(=O)c1ccc(COCc2ccc(OP(=O)(O)C(F)F)c(Br)c2)cc1. The van der Waals surface area contributed by atoms with Crippen molar-refractivity contribution in [2.45, 2.75) is 19.4 Å². The van der Waals surface area contributed by atoms with E-state index in [0.29, 0.717) is 11.1 Å². The first-order chi connectivity index (χ1) is 12.7. The van der Waals surface area contributed by atoms with Crippen molar-refractivity contribution < 1.29 is 37.0 Å². The smallest absolute Gasteiger partial charge is 0.442 e. The molecule has 0 saturated heterocycles. The van der Waals surface area contributed by atoms with Gasteiger partial charge >= 0.3 is 19.7 Å². The molecular formula is C17H16BrF2O6P. The van der Waals surface area contributed by atoms with E-state index in [9.17, 15) is 18.1 Å². The summed E-state index contributed by atoms with van der Waals surface area (Å²) in [5.74, 6) is -0.586. The molecule has 0 spiro atoms. The first-order valence-corrected chi connectivity index (χ1v) is 10.0. The van der Waals surface area contributed by atoms with Gasteiger partial charge in [-0.1, -0.05) is 18.2 Å². The summed E-state index contributed by atoms with van der Waals surface area (Å²) in [4.78, 5) is 20.4. The molecule has 0 bridgehead atoms. The van der Waals surface area contributed by atoms with Gasteiger partial charge in [-0.15, -0.1) is 0 Å². The molecule has 2 rings (SSSR count). The van der Waals surface area contributed by atoms with Gasteiger partial charge in [0.05, 0.1) is 30.4 Å². The first kappa shape index (κ1) is 21.5. The van der Waals surface area contributed by atoms with Crippen molar-refractivity contribution in [3.05, 3.63) is 63.6 Å². The van der Waals surface area contributed by atoms with Crippen LogP contribution in [0.4, 0.5) is 8.78 Å². The molecule has 0 heterocycles. The van der Waals surface area contributed by atoms with Crippen LogP contribution in [0.2, 0.25) is 0 Å². The molecule has 6 nitrogen and oxygen atoms in total. The summed E-state index contributed by atoms with van der Waals surface area (Å²) in [6, 6.07) is 11.1. The Morgan fingerprint density at radius 3 is 2.30 bits per heavy atom. The fourth-order valence-electron chi connectivity index (χ4n) is 2.03. The largest absolute Gasteiger partial charge is 0.465 e. The van der Waals surface area contributed by atoms with Crippen LogP contribution in [0.25, 0.3) is 0 Å². The molecule has 10 heteroatoms. The number of carbonyl (C=O) groups excluding carboxylic acids is 1. The van der Waals surface area contributed by atoms with Gasteiger partial charge in [-0.2, -0.15) is 8.78 Å². The Labute approximate surface area is 162 Å². The quantitative estimate of drug-likeness (QED) is 0.448. The summed E-state index contributed by atoms with van der Waals surface area (Å²) in [5, 5.41) is 0. The molecule has 0 amide bonds. The second-order valence-corrected chi connectivity index (χ2v) is 7.93. The summed E-state index contributed by atoms with van der Waals surface area (Å²) in [5.41, 5.74) is 1.98. The fraction of sp³-hybridized carbons (Fsp3) is 0.235. The average molecular weight is 465 g/mol. The highest BCUT2D eigenvalue weighted by atomic mass is 79.9. The Morgan fingerprint density at radius 1 is 1.15 bits per heavy atom. The third kappa shape index (κ3) is 6.10. The molecule has 146 valence electrons. The normalized spacial score (nSPS) is 13.3. The molecule has 0 aliphatic carbocycles. The van der Waals surface area contributed by atoms with E-state index < -0.39 is 19.7 Å². The summed E-state index contributed by atoms with van der Waals surface area (Å²) < 4.78 is 51.0. The molecular weight excluding hydrogens is 449 g/mol. The maximum absolute atomic E-state index is 12.4. The minimum atomic E-state index is -5.03. The van der Waals surface area contributed by atoms with Crippen LogP contribution in [0.3, 0.4) is 0 Å². The molecule has 0 aliphatic heterocycles. The Bertz CT molecular complexity index is 844. The van der Waals surface area contributed by atoms with E-state index in [1.807, 2.05) is 0 Å². The number of benzene rings is 2. The minimum Gasteiger partial charge on any atom is -0.465 e. The Hall–Kier alpha value is -1.80. The topological polar surface area (TPSA) is 82.1 Å². The van der Waals surface area contributed by atoms with Crippen molar-refractivity contribution in [3.8, 4) is 5.75 Å². The van der Waals surface area contributed by atoms with Crippen molar-refractivity contribution in [2.75, 3.05) is 7.11 Å². The molecule has 1 N–H and O–H groups in total. The van der Waals surface area contributed by atoms with E-state index in [0.717, 1.165) is 5.56 Å². The lowest BCUT2D eigenvalue weighted by Gasteiger charge is -2.14. The number of methoxy groups -OCH3 is 1. The lowest BCUT2D eigenvalue weighted by molar-refractivity contribution is 0.0600. The molecule has 0 fully saturated rings. The number of hydrogen-bond acceptors (Lipinski definition) is 5. The van der Waals surface area contributed by atoms with Gasteiger partial charge in [0, 0.05) is 0 Å². The number of hydrogen-bond donors (Lipinski definition) is 1. The van der Waals surface area contributed by atoms with Gasteiger partial charge in [0.25, 0.3) is 0 Å². The lowest BCUT2D eigenvalue weighted by Crippen LogP contribution is -2.02. The van der Waals surface area contributed by atoms with Crippen molar-refractivity contribution >= 4 is 29.5 Å². The zero-order valence-electron chi connectivity index (χ0n) is 14.1.